The van der Waals surface area contributed by atoms with Gasteiger partial charge >= 0.3 is 0 Å². The van der Waals surface area contributed by atoms with Gasteiger partial charge in [-0.2, -0.15) is 0 Å². The molecule has 6 heterocycles. The summed E-state index contributed by atoms with van der Waals surface area (Å²) in [5.74, 6) is 0.112. The monoisotopic (exact) mass is 716 g/mol. The minimum absolute atomic E-state index is 0.0576. The van der Waals surface area contributed by atoms with E-state index in [1.807, 2.05) is 23.1 Å². The first kappa shape index (κ1) is 36.3. The molecule has 2 aromatic rings. The van der Waals surface area contributed by atoms with Crippen molar-refractivity contribution in [2.75, 3.05) is 52.4 Å². The molecule has 3 atom stereocenters. The molecule has 6 aliphatic heterocycles. The Balaban J connectivity index is 1.08. The minimum Gasteiger partial charge on any atom is -0.508 e. The molecule has 0 radical (unpaired) electrons. The van der Waals surface area contributed by atoms with Crippen LogP contribution in [0.2, 0.25) is 0 Å². The number of piperidine rings is 3. The topological polar surface area (TPSA) is 126 Å². The summed E-state index contributed by atoms with van der Waals surface area (Å²) < 4.78 is 13.5. The fraction of sp³-hybridized carbons (Fsp3) is 0.600. The summed E-state index contributed by atoms with van der Waals surface area (Å²) in [4.78, 5) is 63.3. The van der Waals surface area contributed by atoms with Crippen molar-refractivity contribution in [3.05, 3.63) is 65.5 Å². The van der Waals surface area contributed by atoms with Crippen molar-refractivity contribution in [1.29, 1.82) is 0 Å². The van der Waals surface area contributed by atoms with Crippen molar-refractivity contribution >= 4 is 23.6 Å². The van der Waals surface area contributed by atoms with Crippen molar-refractivity contribution in [1.82, 2.24) is 30.2 Å². The van der Waals surface area contributed by atoms with E-state index < -0.39 is 11.4 Å². The largest absolute Gasteiger partial charge is 0.508 e. The van der Waals surface area contributed by atoms with Crippen molar-refractivity contribution < 1.29 is 28.7 Å². The summed E-state index contributed by atoms with van der Waals surface area (Å²) in [6.07, 6.45) is 6.47. The number of aromatic hydroxyl groups is 1. The van der Waals surface area contributed by atoms with Crippen LogP contribution in [0.3, 0.4) is 0 Å². The predicted molar refractivity (Wildman–Crippen MR) is 194 cm³/mol. The maximum atomic E-state index is 14.1. The van der Waals surface area contributed by atoms with Gasteiger partial charge in [0.2, 0.25) is 17.7 Å². The number of amides is 4. The minimum atomic E-state index is -0.794. The lowest BCUT2D eigenvalue weighted by atomic mass is 9.80. The van der Waals surface area contributed by atoms with E-state index in [1.165, 1.54) is 24.3 Å². The SMILES string of the molecule is O=C1CC2(CCN(C(=O)c3ccc(F)cc3)CC2)NC(=O)[C@@H]2CCCN2C2CCN(CC2)C(=O)C[C@@H]2CCN(Cc3ccccc3O)C[C@@H]2CCN1. The van der Waals surface area contributed by atoms with Gasteiger partial charge in [-0.05, 0) is 107 Å². The van der Waals surface area contributed by atoms with Gasteiger partial charge in [0.1, 0.15) is 11.6 Å². The van der Waals surface area contributed by atoms with Gasteiger partial charge in [0.15, 0.2) is 0 Å². The highest BCUT2D eigenvalue weighted by atomic mass is 19.1. The summed E-state index contributed by atoms with van der Waals surface area (Å²) in [5.41, 5.74) is 0.502. The lowest BCUT2D eigenvalue weighted by Gasteiger charge is -2.44. The molecule has 8 rings (SSSR count). The zero-order valence-electron chi connectivity index (χ0n) is 30.1. The lowest BCUT2D eigenvalue weighted by Crippen LogP contribution is -2.61. The first-order chi connectivity index (χ1) is 25.2. The average Bonchev–Trinajstić information content (AvgIpc) is 3.64. The van der Waals surface area contributed by atoms with E-state index in [0.717, 1.165) is 63.7 Å². The van der Waals surface area contributed by atoms with Gasteiger partial charge < -0.3 is 25.5 Å². The van der Waals surface area contributed by atoms with Crippen LogP contribution in [0.5, 0.6) is 5.75 Å². The van der Waals surface area contributed by atoms with Crippen LogP contribution in [-0.4, -0.2) is 118 Å². The quantitative estimate of drug-likeness (QED) is 0.444. The van der Waals surface area contributed by atoms with Gasteiger partial charge in [-0.15, -0.1) is 0 Å². The highest BCUT2D eigenvalue weighted by molar-refractivity contribution is 5.94. The number of phenolic OH excluding ortho intramolecular Hbond substituents is 1. The number of carbonyl (C=O) groups excluding carboxylic acids is 4. The third kappa shape index (κ3) is 8.28. The highest BCUT2D eigenvalue weighted by Crippen LogP contribution is 2.34. The van der Waals surface area contributed by atoms with Crippen LogP contribution in [0.1, 0.15) is 80.1 Å². The van der Waals surface area contributed by atoms with E-state index in [-0.39, 0.29) is 59.7 Å². The van der Waals surface area contributed by atoms with Gasteiger partial charge in [-0.25, -0.2) is 4.39 Å². The molecule has 12 heteroatoms. The van der Waals surface area contributed by atoms with Gasteiger partial charge in [-0.1, -0.05) is 18.2 Å². The molecule has 1 spiro atoms. The lowest BCUT2D eigenvalue weighted by molar-refractivity contribution is -0.136. The number of hydrogen-bond donors (Lipinski definition) is 3. The molecule has 2 bridgehead atoms. The molecule has 0 saturated carbocycles. The zero-order chi connectivity index (χ0) is 36.2. The Hall–Kier alpha value is -4.03. The number of benzene rings is 2. The molecule has 0 unspecified atom stereocenters. The fourth-order valence-corrected chi connectivity index (χ4v) is 9.46. The molecule has 11 nitrogen and oxygen atoms in total. The van der Waals surface area contributed by atoms with E-state index in [1.54, 1.807) is 11.0 Å². The second-order valence-electron chi connectivity index (χ2n) is 15.8. The maximum Gasteiger partial charge on any atom is 0.253 e. The van der Waals surface area contributed by atoms with Gasteiger partial charge in [0, 0.05) is 75.8 Å². The number of rotatable bonds is 3. The molecule has 6 fully saturated rings. The number of nitrogens with one attached hydrogen (secondary N) is 2. The Morgan fingerprint density at radius 3 is 2.37 bits per heavy atom. The highest BCUT2D eigenvalue weighted by Gasteiger charge is 2.44. The Bertz CT molecular complexity index is 1610. The molecule has 52 heavy (non-hydrogen) atoms. The van der Waals surface area contributed by atoms with Crippen LogP contribution in [0, 0.1) is 17.7 Å². The maximum absolute atomic E-state index is 14.1. The van der Waals surface area contributed by atoms with E-state index in [0.29, 0.717) is 64.1 Å². The number of carbonyl (C=O) groups is 4. The summed E-state index contributed by atoms with van der Waals surface area (Å²) in [6, 6.07) is 12.9. The molecule has 0 aliphatic carbocycles. The third-order valence-corrected chi connectivity index (χ3v) is 12.5. The van der Waals surface area contributed by atoms with Crippen molar-refractivity contribution in [3.63, 3.8) is 0 Å². The first-order valence-electron chi connectivity index (χ1n) is 19.3. The Morgan fingerprint density at radius 2 is 1.62 bits per heavy atom. The normalized spacial score (nSPS) is 27.0. The Morgan fingerprint density at radius 1 is 0.865 bits per heavy atom. The molecule has 6 aliphatic rings. The Labute approximate surface area is 305 Å². The second kappa shape index (κ2) is 15.9. The average molecular weight is 717 g/mol. The van der Waals surface area contributed by atoms with E-state index >= 15 is 0 Å². The summed E-state index contributed by atoms with van der Waals surface area (Å²) >= 11 is 0. The Kier molecular flexibility index (Phi) is 11.1. The number of phenols is 1. The molecular formula is C40H53FN6O5. The number of fused-ring (bicyclic) bond motifs is 8. The van der Waals surface area contributed by atoms with Crippen molar-refractivity contribution in [2.45, 2.75) is 88.4 Å². The van der Waals surface area contributed by atoms with Crippen LogP contribution in [0.15, 0.2) is 48.5 Å². The number of nitrogens with zero attached hydrogens (tertiary/aromatic N) is 4. The number of hydrogen-bond acceptors (Lipinski definition) is 7. The summed E-state index contributed by atoms with van der Waals surface area (Å²) in [7, 11) is 0. The first-order valence-corrected chi connectivity index (χ1v) is 19.3. The molecule has 3 N–H and O–H groups in total. The molecule has 6 saturated heterocycles. The third-order valence-electron chi connectivity index (χ3n) is 12.5. The van der Waals surface area contributed by atoms with Gasteiger partial charge in [-0.3, -0.25) is 29.0 Å². The van der Waals surface area contributed by atoms with Crippen LogP contribution in [-0.2, 0) is 20.9 Å². The molecule has 2 aromatic carbocycles. The number of halogens is 1. The predicted octanol–water partition coefficient (Wildman–Crippen LogP) is 3.52. The standard InChI is InChI=1S/C40H53FN6O5/c41-32-9-7-28(8-10-32)39(52)46-22-15-40(16-23-46)25-36(49)42-17-11-30-26-44(27-31-4-1-2-6-35(31)48)19-12-29(30)24-37(50)45-20-13-33(14-21-45)47-18-3-5-34(47)38(51)43-40/h1-2,4,6-10,29-30,33-34,48H,3,5,11-27H2,(H,42,49)(H,43,51)/t29-,30-,34-/m0/s1. The molecular weight excluding hydrogens is 663 g/mol. The molecule has 0 aromatic heterocycles. The van der Waals surface area contributed by atoms with Crippen LogP contribution < -0.4 is 10.6 Å². The zero-order valence-corrected chi connectivity index (χ0v) is 30.1. The smallest absolute Gasteiger partial charge is 0.253 e. The van der Waals surface area contributed by atoms with Gasteiger partial charge in [0.05, 0.1) is 11.6 Å². The number of para-hydroxylation sites is 1. The van der Waals surface area contributed by atoms with Crippen molar-refractivity contribution in [2.24, 2.45) is 11.8 Å². The van der Waals surface area contributed by atoms with Crippen LogP contribution >= 0.6 is 0 Å². The second-order valence-corrected chi connectivity index (χ2v) is 15.8. The van der Waals surface area contributed by atoms with Crippen LogP contribution in [0.4, 0.5) is 4.39 Å². The van der Waals surface area contributed by atoms with E-state index in [9.17, 15) is 28.7 Å². The summed E-state index contributed by atoms with van der Waals surface area (Å²) in [6.45, 7) is 5.69. The molecule has 4 amide bonds. The van der Waals surface area contributed by atoms with Crippen LogP contribution in [0.25, 0.3) is 0 Å². The number of likely N-dealkylation sites (tertiary alicyclic amines) is 2. The fourth-order valence-electron chi connectivity index (χ4n) is 9.46. The van der Waals surface area contributed by atoms with E-state index in [4.69, 9.17) is 0 Å². The van der Waals surface area contributed by atoms with E-state index in [2.05, 4.69) is 20.4 Å². The van der Waals surface area contributed by atoms with Gasteiger partial charge in [0.25, 0.3) is 5.91 Å². The van der Waals surface area contributed by atoms with Crippen molar-refractivity contribution in [3.8, 4) is 5.75 Å². The summed E-state index contributed by atoms with van der Waals surface area (Å²) in [5, 5.41) is 17.0. The molecule has 280 valence electrons.